The van der Waals surface area contributed by atoms with Gasteiger partial charge < -0.3 is 13.9 Å². The summed E-state index contributed by atoms with van der Waals surface area (Å²) in [5.41, 5.74) is 3.19. The van der Waals surface area contributed by atoms with Gasteiger partial charge in [0.2, 0.25) is 0 Å². The SMILES string of the molecule is COC(=O)c1c(-c2cccs2)c(C(=O)OC)c2cc(C#N)c(C)n2c1C. The van der Waals surface area contributed by atoms with Gasteiger partial charge in [-0.05, 0) is 31.4 Å². The van der Waals surface area contributed by atoms with Gasteiger partial charge in [0.25, 0.3) is 0 Å². The maximum atomic E-state index is 12.7. The van der Waals surface area contributed by atoms with Crippen molar-refractivity contribution in [3.05, 3.63) is 51.7 Å². The van der Waals surface area contributed by atoms with Crippen LogP contribution in [-0.4, -0.2) is 30.6 Å². The van der Waals surface area contributed by atoms with Gasteiger partial charge in [-0.2, -0.15) is 5.26 Å². The number of esters is 2. The number of carbonyl (C=O) groups excluding carboxylic acids is 2. The number of ether oxygens (including phenoxy) is 2. The summed E-state index contributed by atoms with van der Waals surface area (Å²) in [5, 5.41) is 11.3. The fourth-order valence-corrected chi connectivity index (χ4v) is 3.99. The molecule has 0 aliphatic carbocycles. The molecule has 7 heteroatoms. The molecule has 0 atom stereocenters. The quantitative estimate of drug-likeness (QED) is 0.658. The molecular formula is C19H16N2O4S. The first kappa shape index (κ1) is 17.7. The Kier molecular flexibility index (Phi) is 4.53. The number of nitrogens with zero attached hydrogens (tertiary/aromatic N) is 2. The van der Waals surface area contributed by atoms with Gasteiger partial charge in [0, 0.05) is 21.8 Å². The topological polar surface area (TPSA) is 80.8 Å². The van der Waals surface area contributed by atoms with Crippen LogP contribution >= 0.6 is 11.3 Å². The predicted molar refractivity (Wildman–Crippen MR) is 97.6 cm³/mol. The van der Waals surface area contributed by atoms with Gasteiger partial charge in [-0.15, -0.1) is 11.3 Å². The van der Waals surface area contributed by atoms with E-state index < -0.39 is 11.9 Å². The van der Waals surface area contributed by atoms with Gasteiger partial charge in [-0.3, -0.25) is 0 Å². The molecule has 3 aromatic rings. The van der Waals surface area contributed by atoms with E-state index in [4.69, 9.17) is 9.47 Å². The fourth-order valence-electron chi connectivity index (χ4n) is 3.21. The number of methoxy groups -OCH3 is 2. The molecule has 3 heterocycles. The lowest BCUT2D eigenvalue weighted by Gasteiger charge is -2.18. The van der Waals surface area contributed by atoms with Crippen LogP contribution in [0.25, 0.3) is 16.0 Å². The van der Waals surface area contributed by atoms with E-state index in [1.807, 2.05) is 17.5 Å². The van der Waals surface area contributed by atoms with Crippen LogP contribution in [0.1, 0.15) is 37.7 Å². The van der Waals surface area contributed by atoms with E-state index in [1.165, 1.54) is 25.6 Å². The number of thiophene rings is 1. The van der Waals surface area contributed by atoms with E-state index in [0.29, 0.717) is 28.0 Å². The number of hydrogen-bond donors (Lipinski definition) is 0. The van der Waals surface area contributed by atoms with Crippen LogP contribution in [0, 0.1) is 25.2 Å². The number of fused-ring (bicyclic) bond motifs is 1. The van der Waals surface area contributed by atoms with Crippen molar-refractivity contribution in [3.8, 4) is 16.5 Å². The Balaban J connectivity index is 2.62. The molecule has 6 nitrogen and oxygen atoms in total. The minimum atomic E-state index is -0.578. The summed E-state index contributed by atoms with van der Waals surface area (Å²) in [5.74, 6) is -1.13. The Hall–Kier alpha value is -3.11. The van der Waals surface area contributed by atoms with Crippen molar-refractivity contribution in [2.24, 2.45) is 0 Å². The average Bonchev–Trinajstić information content (AvgIpc) is 3.28. The summed E-state index contributed by atoms with van der Waals surface area (Å²) in [7, 11) is 2.58. The monoisotopic (exact) mass is 368 g/mol. The van der Waals surface area contributed by atoms with E-state index in [2.05, 4.69) is 6.07 Å². The highest BCUT2D eigenvalue weighted by Crippen LogP contribution is 2.38. The van der Waals surface area contributed by atoms with Crippen LogP contribution in [0.3, 0.4) is 0 Å². The fraction of sp³-hybridized carbons (Fsp3) is 0.211. The standard InChI is InChI=1S/C19H16N2O4S/c1-10-12(9-20)8-13-16(19(23)25-4)17(14-6-5-7-26-14)15(18(22)24-3)11(2)21(10)13/h5-8H,1-4H3. The number of hydrogen-bond acceptors (Lipinski definition) is 6. The zero-order valence-electron chi connectivity index (χ0n) is 14.7. The second-order valence-corrected chi connectivity index (χ2v) is 6.59. The smallest absolute Gasteiger partial charge is 0.340 e. The van der Waals surface area contributed by atoms with Gasteiger partial charge >= 0.3 is 11.9 Å². The van der Waals surface area contributed by atoms with Gasteiger partial charge in [-0.25, -0.2) is 9.59 Å². The van der Waals surface area contributed by atoms with E-state index in [9.17, 15) is 14.9 Å². The normalized spacial score (nSPS) is 10.6. The Morgan fingerprint density at radius 3 is 2.31 bits per heavy atom. The molecule has 0 aromatic carbocycles. The highest BCUT2D eigenvalue weighted by atomic mass is 32.1. The summed E-state index contributed by atoms with van der Waals surface area (Å²) in [6.45, 7) is 3.54. The van der Waals surface area contributed by atoms with Crippen molar-refractivity contribution >= 4 is 28.8 Å². The molecule has 0 spiro atoms. The van der Waals surface area contributed by atoms with Gasteiger partial charge in [0.15, 0.2) is 0 Å². The minimum Gasteiger partial charge on any atom is -0.465 e. The molecule has 0 amide bonds. The molecule has 0 aliphatic heterocycles. The molecule has 0 saturated heterocycles. The zero-order chi connectivity index (χ0) is 19.0. The summed E-state index contributed by atoms with van der Waals surface area (Å²) < 4.78 is 11.7. The second-order valence-electron chi connectivity index (χ2n) is 5.65. The highest BCUT2D eigenvalue weighted by molar-refractivity contribution is 7.13. The molecule has 0 radical (unpaired) electrons. The Labute approximate surface area is 154 Å². The van der Waals surface area contributed by atoms with Gasteiger partial charge in [0.05, 0.1) is 36.4 Å². The van der Waals surface area contributed by atoms with Crippen molar-refractivity contribution < 1.29 is 19.1 Å². The van der Waals surface area contributed by atoms with E-state index in [0.717, 1.165) is 4.88 Å². The van der Waals surface area contributed by atoms with E-state index >= 15 is 0 Å². The zero-order valence-corrected chi connectivity index (χ0v) is 15.6. The van der Waals surface area contributed by atoms with Crippen molar-refractivity contribution in [1.82, 2.24) is 4.40 Å². The number of rotatable bonds is 3. The third-order valence-electron chi connectivity index (χ3n) is 4.37. The first-order chi connectivity index (χ1) is 12.5. The summed E-state index contributed by atoms with van der Waals surface area (Å²) >= 11 is 1.40. The summed E-state index contributed by atoms with van der Waals surface area (Å²) in [4.78, 5) is 26.0. The van der Waals surface area contributed by atoms with Crippen molar-refractivity contribution in [2.45, 2.75) is 13.8 Å². The number of carbonyl (C=O) groups is 2. The molecule has 0 saturated carbocycles. The van der Waals surface area contributed by atoms with Crippen LogP contribution in [0.15, 0.2) is 23.6 Å². The van der Waals surface area contributed by atoms with Crippen LogP contribution in [0.4, 0.5) is 0 Å². The Morgan fingerprint density at radius 1 is 1.12 bits per heavy atom. The molecule has 0 fully saturated rings. The average molecular weight is 368 g/mol. The molecular weight excluding hydrogens is 352 g/mol. The first-order valence-electron chi connectivity index (χ1n) is 7.75. The number of nitriles is 1. The number of aryl methyl sites for hydroxylation is 2. The minimum absolute atomic E-state index is 0.241. The van der Waals surface area contributed by atoms with Gasteiger partial charge in [-0.1, -0.05) is 6.07 Å². The lowest BCUT2D eigenvalue weighted by atomic mass is 9.97. The van der Waals surface area contributed by atoms with Crippen molar-refractivity contribution in [2.75, 3.05) is 14.2 Å². The van der Waals surface area contributed by atoms with Crippen molar-refractivity contribution in [3.63, 3.8) is 0 Å². The molecule has 3 aromatic heterocycles. The van der Waals surface area contributed by atoms with Gasteiger partial charge in [0.1, 0.15) is 6.07 Å². The molecule has 0 N–H and O–H groups in total. The molecule has 0 aliphatic rings. The molecule has 0 bridgehead atoms. The van der Waals surface area contributed by atoms with Crippen LogP contribution < -0.4 is 0 Å². The third kappa shape index (κ3) is 2.47. The molecule has 3 rings (SSSR count). The van der Waals surface area contributed by atoms with Crippen LogP contribution in [0.5, 0.6) is 0 Å². The van der Waals surface area contributed by atoms with E-state index in [-0.39, 0.29) is 11.1 Å². The maximum Gasteiger partial charge on any atom is 0.340 e. The maximum absolute atomic E-state index is 12.7. The Bertz CT molecular complexity index is 1070. The van der Waals surface area contributed by atoms with E-state index in [1.54, 1.807) is 24.3 Å². The van der Waals surface area contributed by atoms with Crippen LogP contribution in [0.2, 0.25) is 0 Å². The number of aromatic nitrogens is 1. The Morgan fingerprint density at radius 2 is 1.77 bits per heavy atom. The molecule has 0 unspecified atom stereocenters. The van der Waals surface area contributed by atoms with Crippen molar-refractivity contribution in [1.29, 1.82) is 5.26 Å². The largest absolute Gasteiger partial charge is 0.465 e. The molecule has 132 valence electrons. The summed E-state index contributed by atoms with van der Waals surface area (Å²) in [6, 6.07) is 7.44. The lowest BCUT2D eigenvalue weighted by Crippen LogP contribution is -2.16. The first-order valence-corrected chi connectivity index (χ1v) is 8.63. The highest BCUT2D eigenvalue weighted by Gasteiger charge is 2.30. The predicted octanol–water partition coefficient (Wildman–Crippen LogP) is 3.73. The third-order valence-corrected chi connectivity index (χ3v) is 5.25. The lowest BCUT2D eigenvalue weighted by molar-refractivity contribution is 0.0600. The summed E-state index contributed by atoms with van der Waals surface area (Å²) in [6.07, 6.45) is 0. The molecule has 26 heavy (non-hydrogen) atoms. The number of pyridine rings is 1. The second kappa shape index (κ2) is 6.65. The van der Waals surface area contributed by atoms with Crippen LogP contribution in [-0.2, 0) is 9.47 Å².